The van der Waals surface area contributed by atoms with Crippen molar-refractivity contribution in [1.82, 2.24) is 5.16 Å². The largest absolute Gasteiger partial charge is 0.421 e. The molecular weight excluding hydrogens is 201 g/mol. The molecule has 0 radical (unpaired) electrons. The van der Waals surface area contributed by atoms with Crippen molar-refractivity contribution in [3.05, 3.63) is 48.1 Å². The minimum atomic E-state index is -0.667. The number of carbonyl (C=O) groups excluding carboxylic acids is 1. The summed E-state index contributed by atoms with van der Waals surface area (Å²) in [6, 6.07) is 6.48. The number of nitrogens with zero attached hydrogens (tertiary/aromatic N) is 1. The van der Waals surface area contributed by atoms with E-state index in [9.17, 15) is 9.18 Å². The van der Waals surface area contributed by atoms with Gasteiger partial charge in [-0.25, -0.2) is 9.18 Å². The van der Waals surface area contributed by atoms with Gasteiger partial charge in [0.15, 0.2) is 0 Å². The molecule has 0 atom stereocenters. The lowest BCUT2D eigenvalue weighted by Gasteiger charge is -2.00. The summed E-state index contributed by atoms with van der Waals surface area (Å²) in [6.07, 6.45) is 1.33. The molecule has 0 saturated carbocycles. The Morgan fingerprint density at radius 2 is 2.00 bits per heavy atom. The summed E-state index contributed by atoms with van der Waals surface area (Å²) in [7, 11) is 0. The second kappa shape index (κ2) is 3.91. The first-order valence-electron chi connectivity index (χ1n) is 4.14. The SMILES string of the molecule is O=C(Oc1ccc(F)cc1)c1ccno1. The predicted octanol–water partition coefficient (Wildman–Crippen LogP) is 2.03. The molecule has 0 amide bonds. The van der Waals surface area contributed by atoms with Crippen LogP contribution in [0.25, 0.3) is 0 Å². The van der Waals surface area contributed by atoms with Crippen molar-refractivity contribution in [3.8, 4) is 5.75 Å². The van der Waals surface area contributed by atoms with Crippen LogP contribution >= 0.6 is 0 Å². The number of ether oxygens (including phenoxy) is 1. The molecule has 0 bridgehead atoms. The highest BCUT2D eigenvalue weighted by atomic mass is 19.1. The van der Waals surface area contributed by atoms with Crippen LogP contribution in [0.4, 0.5) is 4.39 Å². The highest BCUT2D eigenvalue weighted by Gasteiger charge is 2.12. The van der Waals surface area contributed by atoms with Gasteiger partial charge < -0.3 is 9.26 Å². The average molecular weight is 207 g/mol. The molecule has 0 fully saturated rings. The second-order valence-corrected chi connectivity index (χ2v) is 2.72. The first-order chi connectivity index (χ1) is 7.25. The lowest BCUT2D eigenvalue weighted by Crippen LogP contribution is -2.06. The molecule has 0 saturated heterocycles. The summed E-state index contributed by atoms with van der Waals surface area (Å²) in [5.74, 6) is -0.814. The number of esters is 1. The summed E-state index contributed by atoms with van der Waals surface area (Å²) in [6.45, 7) is 0. The van der Waals surface area contributed by atoms with Crippen LogP contribution < -0.4 is 4.74 Å². The Morgan fingerprint density at radius 1 is 1.27 bits per heavy atom. The van der Waals surface area contributed by atoms with E-state index in [4.69, 9.17) is 4.74 Å². The van der Waals surface area contributed by atoms with E-state index in [2.05, 4.69) is 9.68 Å². The molecule has 15 heavy (non-hydrogen) atoms. The number of carbonyl (C=O) groups is 1. The Kier molecular flexibility index (Phi) is 2.45. The molecule has 4 nitrogen and oxygen atoms in total. The van der Waals surface area contributed by atoms with Crippen molar-refractivity contribution in [3.63, 3.8) is 0 Å². The van der Waals surface area contributed by atoms with Crippen molar-refractivity contribution < 1.29 is 18.4 Å². The molecule has 0 aliphatic rings. The monoisotopic (exact) mass is 207 g/mol. The maximum Gasteiger partial charge on any atom is 0.382 e. The Hall–Kier alpha value is -2.17. The van der Waals surface area contributed by atoms with Gasteiger partial charge in [0.05, 0.1) is 6.20 Å². The van der Waals surface area contributed by atoms with Gasteiger partial charge in [-0.3, -0.25) is 0 Å². The Morgan fingerprint density at radius 3 is 2.60 bits per heavy atom. The van der Waals surface area contributed by atoms with E-state index >= 15 is 0 Å². The van der Waals surface area contributed by atoms with E-state index in [0.29, 0.717) is 0 Å². The van der Waals surface area contributed by atoms with Crippen molar-refractivity contribution in [1.29, 1.82) is 0 Å². The smallest absolute Gasteiger partial charge is 0.382 e. The zero-order chi connectivity index (χ0) is 10.7. The van der Waals surface area contributed by atoms with E-state index in [1.165, 1.54) is 36.5 Å². The minimum absolute atomic E-state index is 0.000625. The maximum absolute atomic E-state index is 12.5. The lowest BCUT2D eigenvalue weighted by atomic mass is 10.3. The van der Waals surface area contributed by atoms with E-state index in [1.807, 2.05) is 0 Å². The maximum atomic E-state index is 12.5. The molecule has 1 aromatic carbocycles. The Labute approximate surface area is 84.3 Å². The number of rotatable bonds is 2. The third-order valence-corrected chi connectivity index (χ3v) is 1.66. The summed E-state index contributed by atoms with van der Waals surface area (Å²) < 4.78 is 22.0. The molecule has 2 aromatic rings. The van der Waals surface area contributed by atoms with Crippen LogP contribution in [0.1, 0.15) is 10.6 Å². The first kappa shape index (κ1) is 9.39. The molecule has 0 N–H and O–H groups in total. The molecule has 1 heterocycles. The fourth-order valence-corrected chi connectivity index (χ4v) is 0.981. The van der Waals surface area contributed by atoms with Crippen LogP contribution in [0.15, 0.2) is 41.1 Å². The fraction of sp³-hybridized carbons (Fsp3) is 0. The van der Waals surface area contributed by atoms with Crippen molar-refractivity contribution in [2.75, 3.05) is 0 Å². The summed E-state index contributed by atoms with van der Waals surface area (Å²) in [5.41, 5.74) is 0. The van der Waals surface area contributed by atoms with E-state index < -0.39 is 11.8 Å². The Bertz CT molecular complexity index is 450. The molecule has 1 aromatic heterocycles. The van der Waals surface area contributed by atoms with Gasteiger partial charge in [-0.2, -0.15) is 0 Å². The van der Waals surface area contributed by atoms with Crippen LogP contribution in [0, 0.1) is 5.82 Å². The van der Waals surface area contributed by atoms with Crippen LogP contribution in [0.3, 0.4) is 0 Å². The fourth-order valence-electron chi connectivity index (χ4n) is 0.981. The average Bonchev–Trinajstić information content (AvgIpc) is 2.74. The second-order valence-electron chi connectivity index (χ2n) is 2.72. The molecule has 5 heteroatoms. The van der Waals surface area contributed by atoms with Crippen LogP contribution in [-0.4, -0.2) is 11.1 Å². The molecular formula is C10H6FNO3. The molecule has 0 aliphatic carbocycles. The summed E-state index contributed by atoms with van der Waals surface area (Å²) in [4.78, 5) is 11.3. The number of benzene rings is 1. The summed E-state index contributed by atoms with van der Waals surface area (Å²) in [5, 5.41) is 3.36. The number of halogens is 1. The minimum Gasteiger partial charge on any atom is -0.421 e. The quantitative estimate of drug-likeness (QED) is 0.558. The molecule has 2 rings (SSSR count). The standard InChI is InChI=1S/C10H6FNO3/c11-7-1-3-8(4-2-7)14-10(13)9-5-6-12-15-9/h1-6H. The zero-order valence-corrected chi connectivity index (χ0v) is 7.51. The van der Waals surface area contributed by atoms with Crippen LogP contribution in [0.5, 0.6) is 5.75 Å². The highest BCUT2D eigenvalue weighted by Crippen LogP contribution is 2.13. The normalized spacial score (nSPS) is 9.93. The van der Waals surface area contributed by atoms with Crippen LogP contribution in [-0.2, 0) is 0 Å². The zero-order valence-electron chi connectivity index (χ0n) is 7.51. The Balaban J connectivity index is 2.09. The van der Waals surface area contributed by atoms with E-state index in [0.717, 1.165) is 0 Å². The van der Waals surface area contributed by atoms with Gasteiger partial charge in [0.1, 0.15) is 11.6 Å². The van der Waals surface area contributed by atoms with Gasteiger partial charge in [0.25, 0.3) is 0 Å². The highest BCUT2D eigenvalue weighted by molar-refractivity contribution is 5.87. The van der Waals surface area contributed by atoms with Gasteiger partial charge in [-0.15, -0.1) is 0 Å². The summed E-state index contributed by atoms with van der Waals surface area (Å²) >= 11 is 0. The lowest BCUT2D eigenvalue weighted by molar-refractivity contribution is 0.0691. The van der Waals surface area contributed by atoms with Crippen LogP contribution in [0.2, 0.25) is 0 Å². The predicted molar refractivity (Wildman–Crippen MR) is 47.9 cm³/mol. The van der Waals surface area contributed by atoms with Crippen molar-refractivity contribution in [2.45, 2.75) is 0 Å². The molecule has 0 unspecified atom stereocenters. The van der Waals surface area contributed by atoms with E-state index in [-0.39, 0.29) is 11.5 Å². The van der Waals surface area contributed by atoms with Gasteiger partial charge in [0.2, 0.25) is 5.76 Å². The van der Waals surface area contributed by atoms with Gasteiger partial charge in [0, 0.05) is 6.07 Å². The first-order valence-corrected chi connectivity index (χ1v) is 4.14. The van der Waals surface area contributed by atoms with Crippen molar-refractivity contribution >= 4 is 5.97 Å². The molecule has 0 aliphatic heterocycles. The van der Waals surface area contributed by atoms with Gasteiger partial charge in [-0.05, 0) is 24.3 Å². The van der Waals surface area contributed by atoms with Crippen molar-refractivity contribution in [2.24, 2.45) is 0 Å². The van der Waals surface area contributed by atoms with E-state index in [1.54, 1.807) is 0 Å². The number of hydrogen-bond donors (Lipinski definition) is 0. The van der Waals surface area contributed by atoms with Gasteiger partial charge >= 0.3 is 5.97 Å². The topological polar surface area (TPSA) is 52.3 Å². The molecule has 0 spiro atoms. The van der Waals surface area contributed by atoms with Gasteiger partial charge in [-0.1, -0.05) is 5.16 Å². The third-order valence-electron chi connectivity index (χ3n) is 1.66. The molecule has 76 valence electrons. The number of hydrogen-bond acceptors (Lipinski definition) is 4. The number of aromatic nitrogens is 1. The third kappa shape index (κ3) is 2.19.